The Morgan fingerprint density at radius 2 is 1.18 bits per heavy atom. The standard InChI is InChI=1S/C9H14FO9P.2C6H15N/c1-4(11)16-7-6(3-10)18-9(19-20(13,14)15)8(7)17-5(2)12;2*1-4-7(5-2)6-3/h6-9H,3H2,1-2H3,(H2,13,14,15);2*4-6H2,1-3H3/t6-,7-,8+,9?;;/m1../s1. The maximum Gasteiger partial charge on any atom is 0.472 e. The van der Waals surface area contributed by atoms with E-state index in [1.54, 1.807) is 0 Å². The fourth-order valence-electron chi connectivity index (χ4n) is 3.03. The first-order chi connectivity index (χ1) is 15.8. The molecule has 2 N–H and O–H groups in total. The lowest BCUT2D eigenvalue weighted by atomic mass is 10.1. The number of ether oxygens (including phenoxy) is 3. The van der Waals surface area contributed by atoms with Crippen LogP contribution in [0.2, 0.25) is 0 Å². The highest BCUT2D eigenvalue weighted by molar-refractivity contribution is 7.46. The highest BCUT2D eigenvalue weighted by Crippen LogP contribution is 2.42. The first kappa shape index (κ1) is 35.0. The smallest absolute Gasteiger partial charge is 0.455 e. The number of carbonyl (C=O) groups excluding carboxylic acids is 2. The zero-order valence-corrected chi connectivity index (χ0v) is 22.6. The molecule has 0 aromatic rings. The average Bonchev–Trinajstić information content (AvgIpc) is 3.05. The van der Waals surface area contributed by atoms with Crippen LogP contribution >= 0.6 is 7.82 Å². The van der Waals surface area contributed by atoms with Gasteiger partial charge in [-0.1, -0.05) is 41.5 Å². The third kappa shape index (κ3) is 15.7. The van der Waals surface area contributed by atoms with Crippen molar-refractivity contribution in [2.45, 2.75) is 80.0 Å². The molecule has 1 fully saturated rings. The summed E-state index contributed by atoms with van der Waals surface area (Å²) in [5, 5.41) is 0. The molecule has 0 bridgehead atoms. The minimum atomic E-state index is -4.97. The number of phosphoric acid groups is 1. The van der Waals surface area contributed by atoms with E-state index in [1.807, 2.05) is 0 Å². The molecule has 0 aromatic heterocycles. The maximum atomic E-state index is 12.8. The Morgan fingerprint density at radius 1 is 0.824 bits per heavy atom. The second-order valence-corrected chi connectivity index (χ2v) is 8.37. The first-order valence-electron chi connectivity index (χ1n) is 11.6. The van der Waals surface area contributed by atoms with Gasteiger partial charge in [0, 0.05) is 13.8 Å². The van der Waals surface area contributed by atoms with Crippen LogP contribution in [0, 0.1) is 0 Å². The van der Waals surface area contributed by atoms with E-state index in [0.717, 1.165) is 13.8 Å². The van der Waals surface area contributed by atoms with Crippen molar-refractivity contribution in [2.75, 3.05) is 45.9 Å². The van der Waals surface area contributed by atoms with Crippen molar-refractivity contribution in [3.63, 3.8) is 0 Å². The normalized spacial score (nSPS) is 21.9. The Kier molecular flexibility index (Phi) is 19.7. The Morgan fingerprint density at radius 3 is 1.41 bits per heavy atom. The molecule has 0 amide bonds. The lowest BCUT2D eigenvalue weighted by Crippen LogP contribution is -2.40. The van der Waals surface area contributed by atoms with Gasteiger partial charge in [-0.05, 0) is 39.3 Å². The summed E-state index contributed by atoms with van der Waals surface area (Å²) in [6, 6.07) is 0. The molecule has 1 saturated heterocycles. The van der Waals surface area contributed by atoms with Crippen LogP contribution in [0.25, 0.3) is 0 Å². The molecule has 0 saturated carbocycles. The van der Waals surface area contributed by atoms with Crippen LogP contribution in [0.1, 0.15) is 55.4 Å². The summed E-state index contributed by atoms with van der Waals surface area (Å²) in [5.41, 5.74) is 0. The van der Waals surface area contributed by atoms with Crippen LogP contribution < -0.4 is 0 Å². The van der Waals surface area contributed by atoms with Gasteiger partial charge < -0.3 is 33.8 Å². The molecule has 1 rings (SSSR count). The molecule has 0 aliphatic carbocycles. The summed E-state index contributed by atoms with van der Waals surface area (Å²) < 4.78 is 42.2. The van der Waals surface area contributed by atoms with Gasteiger partial charge in [0.05, 0.1) is 0 Å². The maximum absolute atomic E-state index is 12.8. The Hall–Kier alpha value is -1.14. The molecule has 0 aromatic carbocycles. The van der Waals surface area contributed by atoms with Crippen molar-refractivity contribution in [1.29, 1.82) is 0 Å². The van der Waals surface area contributed by atoms with Crippen molar-refractivity contribution in [3.05, 3.63) is 0 Å². The van der Waals surface area contributed by atoms with Crippen molar-refractivity contribution >= 4 is 19.8 Å². The number of rotatable bonds is 11. The molecule has 1 aliphatic rings. The van der Waals surface area contributed by atoms with E-state index in [-0.39, 0.29) is 0 Å². The van der Waals surface area contributed by atoms with Gasteiger partial charge in [0.2, 0.25) is 6.29 Å². The molecular formula is C21H44FN2O9P. The van der Waals surface area contributed by atoms with Gasteiger partial charge >= 0.3 is 19.8 Å². The first-order valence-corrected chi connectivity index (χ1v) is 13.1. The van der Waals surface area contributed by atoms with E-state index in [0.29, 0.717) is 0 Å². The number of carbonyl (C=O) groups is 2. The summed E-state index contributed by atoms with van der Waals surface area (Å²) in [6.45, 7) is 21.2. The number of phosphoric ester groups is 1. The van der Waals surface area contributed by atoms with Gasteiger partial charge in [0.25, 0.3) is 0 Å². The van der Waals surface area contributed by atoms with Crippen LogP contribution in [0.4, 0.5) is 4.39 Å². The van der Waals surface area contributed by atoms with Crippen LogP contribution in [0.5, 0.6) is 0 Å². The van der Waals surface area contributed by atoms with Gasteiger partial charge in [0.15, 0.2) is 12.2 Å². The molecule has 204 valence electrons. The Labute approximate surface area is 203 Å². The summed E-state index contributed by atoms with van der Waals surface area (Å²) >= 11 is 0. The number of nitrogens with zero attached hydrogens (tertiary/aromatic N) is 2. The monoisotopic (exact) mass is 518 g/mol. The number of hydrogen-bond acceptors (Lipinski definition) is 9. The van der Waals surface area contributed by atoms with Gasteiger partial charge in [-0.2, -0.15) is 0 Å². The topological polar surface area (TPSA) is 135 Å². The Bertz CT molecular complexity index is 578. The lowest BCUT2D eigenvalue weighted by Gasteiger charge is -2.22. The second-order valence-electron chi connectivity index (χ2n) is 7.18. The number of hydrogen-bond donors (Lipinski definition) is 2. The molecule has 34 heavy (non-hydrogen) atoms. The fraction of sp³-hybridized carbons (Fsp3) is 0.905. The molecule has 1 unspecified atom stereocenters. The van der Waals surface area contributed by atoms with Crippen molar-refractivity contribution < 1.29 is 47.1 Å². The van der Waals surface area contributed by atoms with E-state index in [2.05, 4.69) is 55.9 Å². The molecule has 1 aliphatic heterocycles. The van der Waals surface area contributed by atoms with Gasteiger partial charge in [0.1, 0.15) is 12.8 Å². The number of alkyl halides is 1. The van der Waals surface area contributed by atoms with Gasteiger partial charge in [-0.15, -0.1) is 0 Å². The molecule has 1 heterocycles. The SMILES string of the molecule is CC(=O)O[C@H]1[C@H](OC(C)=O)C(OP(=O)(O)O)O[C@@H]1CF.CCN(CC)CC.CCN(CC)CC. The zero-order valence-electron chi connectivity index (χ0n) is 21.7. The van der Waals surface area contributed by atoms with Crippen molar-refractivity contribution in [3.8, 4) is 0 Å². The minimum absolute atomic E-state index is 0.800. The van der Waals surface area contributed by atoms with Crippen LogP contribution in [0.3, 0.4) is 0 Å². The summed E-state index contributed by atoms with van der Waals surface area (Å²) in [6.07, 6.45) is -5.95. The summed E-state index contributed by atoms with van der Waals surface area (Å²) in [7, 11) is -4.97. The van der Waals surface area contributed by atoms with Gasteiger partial charge in [-0.3, -0.25) is 14.1 Å². The molecule has 0 radical (unpaired) electrons. The molecule has 0 spiro atoms. The largest absolute Gasteiger partial charge is 0.472 e. The number of esters is 2. The third-order valence-corrected chi connectivity index (χ3v) is 5.43. The van der Waals surface area contributed by atoms with Crippen molar-refractivity contribution in [2.24, 2.45) is 0 Å². The highest BCUT2D eigenvalue weighted by atomic mass is 31.2. The summed E-state index contributed by atoms with van der Waals surface area (Å²) in [4.78, 5) is 44.1. The fourth-order valence-corrected chi connectivity index (χ4v) is 3.47. The molecular weight excluding hydrogens is 474 g/mol. The van der Waals surface area contributed by atoms with E-state index in [4.69, 9.17) is 24.0 Å². The molecule has 11 nitrogen and oxygen atoms in total. The lowest BCUT2D eigenvalue weighted by molar-refractivity contribution is -0.172. The zero-order chi connectivity index (χ0) is 26.9. The van der Waals surface area contributed by atoms with E-state index < -0.39 is 51.0 Å². The van der Waals surface area contributed by atoms with Crippen molar-refractivity contribution in [1.82, 2.24) is 9.80 Å². The Balaban J connectivity index is 0. The predicted molar refractivity (Wildman–Crippen MR) is 126 cm³/mol. The summed E-state index contributed by atoms with van der Waals surface area (Å²) in [5.74, 6) is -1.64. The van der Waals surface area contributed by atoms with Crippen LogP contribution in [-0.4, -0.2) is 102 Å². The third-order valence-electron chi connectivity index (χ3n) is 4.95. The average molecular weight is 519 g/mol. The van der Waals surface area contributed by atoms with E-state index >= 15 is 0 Å². The second kappa shape index (κ2) is 19.1. The van der Waals surface area contributed by atoms with Crippen LogP contribution in [0.15, 0.2) is 0 Å². The van der Waals surface area contributed by atoms with Crippen LogP contribution in [-0.2, 0) is 32.9 Å². The molecule has 13 heteroatoms. The highest BCUT2D eigenvalue weighted by Gasteiger charge is 2.51. The van der Waals surface area contributed by atoms with Gasteiger partial charge in [-0.25, -0.2) is 8.96 Å². The quantitative estimate of drug-likeness (QED) is 0.308. The predicted octanol–water partition coefficient (Wildman–Crippen LogP) is 2.35. The minimum Gasteiger partial charge on any atom is -0.455 e. The van der Waals surface area contributed by atoms with E-state index in [1.165, 1.54) is 39.3 Å². The van der Waals surface area contributed by atoms with E-state index in [9.17, 15) is 18.5 Å². The molecule has 4 atom stereocenters. The number of halogens is 1.